The molecule has 0 fully saturated rings. The summed E-state index contributed by atoms with van der Waals surface area (Å²) in [5, 5.41) is 0.658. The molecule has 0 saturated carbocycles. The zero-order valence-corrected chi connectivity index (χ0v) is 21.0. The van der Waals surface area contributed by atoms with Gasteiger partial charge >= 0.3 is 0 Å². The fraction of sp³-hybridized carbons (Fsp3) is 0.231. The Balaban J connectivity index is 2.02. The number of anilines is 1. The van der Waals surface area contributed by atoms with Crippen LogP contribution < -0.4 is 20.6 Å². The van der Waals surface area contributed by atoms with Crippen molar-refractivity contribution in [3.05, 3.63) is 81.0 Å². The molecule has 0 amide bonds. The summed E-state index contributed by atoms with van der Waals surface area (Å²) in [6.45, 7) is 6.15. The van der Waals surface area contributed by atoms with Crippen LogP contribution >= 0.6 is 0 Å². The summed E-state index contributed by atoms with van der Waals surface area (Å²) in [7, 11) is -1.84. The summed E-state index contributed by atoms with van der Waals surface area (Å²) < 4.78 is 31.3. The molecule has 4 aromatic rings. The Kier molecular flexibility index (Phi) is 6.06. The summed E-state index contributed by atoms with van der Waals surface area (Å²) in [5.41, 5.74) is 2.88. The van der Waals surface area contributed by atoms with Crippen molar-refractivity contribution < 1.29 is 13.2 Å². The second-order valence-corrected chi connectivity index (χ2v) is 11.2. The molecule has 0 aliphatic heterocycles. The van der Waals surface area contributed by atoms with Gasteiger partial charge in [-0.3, -0.25) is 14.3 Å². The summed E-state index contributed by atoms with van der Waals surface area (Å²) in [6.07, 6.45) is 2.63. The Morgan fingerprint density at radius 2 is 1.60 bits per heavy atom. The van der Waals surface area contributed by atoms with Gasteiger partial charge in [0.2, 0.25) is 10.0 Å². The predicted octanol–water partition coefficient (Wildman–Crippen LogP) is 4.23. The standard InChI is InChI=1S/C26H27N3O5S/c1-26(2,3)21-14-19(17-7-6-12-27-24(17)30)22-20(23(21)34-4)13-18(25(31)28-22)15-8-10-16(11-9-15)29-35(5,32)33/h6-14,29H,1-5H3,(H,27,30)(H,28,31). The van der Waals surface area contributed by atoms with Crippen molar-refractivity contribution in [2.75, 3.05) is 18.1 Å². The van der Waals surface area contributed by atoms with Gasteiger partial charge in [-0.1, -0.05) is 32.9 Å². The monoisotopic (exact) mass is 493 g/mol. The van der Waals surface area contributed by atoms with Crippen LogP contribution in [0.4, 0.5) is 5.69 Å². The van der Waals surface area contributed by atoms with E-state index in [1.165, 1.54) is 0 Å². The van der Waals surface area contributed by atoms with Crippen LogP contribution in [0.2, 0.25) is 0 Å². The minimum absolute atomic E-state index is 0.266. The predicted molar refractivity (Wildman–Crippen MR) is 140 cm³/mol. The number of hydrogen-bond acceptors (Lipinski definition) is 5. The number of aromatic nitrogens is 2. The lowest BCUT2D eigenvalue weighted by molar-refractivity contribution is 0.402. The van der Waals surface area contributed by atoms with E-state index in [1.807, 2.05) is 6.07 Å². The molecule has 8 nitrogen and oxygen atoms in total. The summed E-state index contributed by atoms with van der Waals surface area (Å²) >= 11 is 0. The molecule has 0 aliphatic carbocycles. The molecular weight excluding hydrogens is 466 g/mol. The zero-order chi connectivity index (χ0) is 25.5. The van der Waals surface area contributed by atoms with Gasteiger partial charge in [0.25, 0.3) is 11.1 Å². The number of pyridine rings is 2. The van der Waals surface area contributed by atoms with E-state index in [0.717, 1.165) is 11.8 Å². The number of fused-ring (bicyclic) bond motifs is 1. The Morgan fingerprint density at radius 1 is 0.914 bits per heavy atom. The minimum atomic E-state index is -3.42. The van der Waals surface area contributed by atoms with Gasteiger partial charge in [0.15, 0.2) is 0 Å². The Labute approximate surface area is 203 Å². The van der Waals surface area contributed by atoms with E-state index in [2.05, 4.69) is 35.5 Å². The molecule has 2 heterocycles. The minimum Gasteiger partial charge on any atom is -0.496 e. The van der Waals surface area contributed by atoms with Crippen LogP contribution in [-0.4, -0.2) is 31.8 Å². The van der Waals surface area contributed by atoms with Crippen LogP contribution in [-0.2, 0) is 15.4 Å². The first kappa shape index (κ1) is 24.3. The molecule has 0 radical (unpaired) electrons. The maximum Gasteiger partial charge on any atom is 0.256 e. The number of methoxy groups -OCH3 is 1. The molecule has 0 saturated heterocycles. The van der Waals surface area contributed by atoms with Crippen molar-refractivity contribution >= 4 is 26.6 Å². The second-order valence-electron chi connectivity index (χ2n) is 9.42. The van der Waals surface area contributed by atoms with Gasteiger partial charge in [-0.15, -0.1) is 0 Å². The van der Waals surface area contributed by atoms with Gasteiger partial charge in [-0.25, -0.2) is 8.42 Å². The van der Waals surface area contributed by atoms with E-state index in [-0.39, 0.29) is 16.5 Å². The number of ether oxygens (including phenoxy) is 1. The summed E-state index contributed by atoms with van der Waals surface area (Å²) in [5.74, 6) is 0.608. The van der Waals surface area contributed by atoms with Crippen molar-refractivity contribution in [2.24, 2.45) is 0 Å². The Hall–Kier alpha value is -3.85. The van der Waals surface area contributed by atoms with Gasteiger partial charge in [0, 0.05) is 39.5 Å². The van der Waals surface area contributed by atoms with Crippen LogP contribution in [0.3, 0.4) is 0 Å². The number of H-pyrrole nitrogens is 2. The highest BCUT2D eigenvalue weighted by atomic mass is 32.2. The van der Waals surface area contributed by atoms with Crippen LogP contribution in [0, 0.1) is 0 Å². The number of sulfonamides is 1. The fourth-order valence-corrected chi connectivity index (χ4v) is 4.68. The molecule has 0 spiro atoms. The highest BCUT2D eigenvalue weighted by molar-refractivity contribution is 7.92. The average Bonchev–Trinajstić information content (AvgIpc) is 2.77. The van der Waals surface area contributed by atoms with Gasteiger partial charge in [0.05, 0.1) is 18.9 Å². The molecule has 9 heteroatoms. The molecule has 2 aromatic heterocycles. The highest BCUT2D eigenvalue weighted by Gasteiger charge is 2.25. The average molecular weight is 494 g/mol. The van der Waals surface area contributed by atoms with Gasteiger partial charge in [-0.05, 0) is 47.4 Å². The van der Waals surface area contributed by atoms with Crippen LogP contribution in [0.25, 0.3) is 33.2 Å². The molecule has 35 heavy (non-hydrogen) atoms. The number of benzene rings is 2. The molecule has 3 N–H and O–H groups in total. The van der Waals surface area contributed by atoms with E-state index in [0.29, 0.717) is 44.6 Å². The topological polar surface area (TPSA) is 121 Å². The molecule has 2 aromatic carbocycles. The van der Waals surface area contributed by atoms with E-state index >= 15 is 0 Å². The quantitative estimate of drug-likeness (QED) is 0.384. The Morgan fingerprint density at radius 3 is 2.17 bits per heavy atom. The van der Waals surface area contributed by atoms with Crippen LogP contribution in [0.5, 0.6) is 5.75 Å². The number of rotatable bonds is 5. The van der Waals surface area contributed by atoms with Crippen molar-refractivity contribution in [1.82, 2.24) is 9.97 Å². The van der Waals surface area contributed by atoms with Crippen LogP contribution in [0.15, 0.2) is 64.3 Å². The molecule has 0 bridgehead atoms. The Bertz CT molecular complexity index is 1640. The molecule has 0 atom stereocenters. The maximum absolute atomic E-state index is 13.2. The van der Waals surface area contributed by atoms with Crippen molar-refractivity contribution in [1.29, 1.82) is 0 Å². The third-order valence-electron chi connectivity index (χ3n) is 5.71. The highest BCUT2D eigenvalue weighted by Crippen LogP contribution is 2.41. The molecule has 182 valence electrons. The van der Waals surface area contributed by atoms with E-state index in [1.54, 1.807) is 55.8 Å². The van der Waals surface area contributed by atoms with E-state index in [9.17, 15) is 18.0 Å². The fourth-order valence-electron chi connectivity index (χ4n) is 4.12. The number of hydrogen-bond donors (Lipinski definition) is 3. The first-order valence-electron chi connectivity index (χ1n) is 10.9. The molecule has 4 rings (SSSR count). The lowest BCUT2D eigenvalue weighted by Crippen LogP contribution is -2.17. The first-order valence-corrected chi connectivity index (χ1v) is 12.8. The van der Waals surface area contributed by atoms with Crippen molar-refractivity contribution in [2.45, 2.75) is 26.2 Å². The SMILES string of the molecule is COc1c(C(C)(C)C)cc(-c2ccc[nH]c2=O)c2[nH]c(=O)c(-c3ccc(NS(C)(=O)=O)cc3)cc12. The van der Waals surface area contributed by atoms with Crippen molar-refractivity contribution in [3.8, 4) is 28.0 Å². The van der Waals surface area contributed by atoms with Gasteiger partial charge in [-0.2, -0.15) is 0 Å². The third-order valence-corrected chi connectivity index (χ3v) is 6.31. The number of aromatic amines is 2. The third kappa shape index (κ3) is 4.85. The largest absolute Gasteiger partial charge is 0.496 e. The normalized spacial score (nSPS) is 12.0. The lowest BCUT2D eigenvalue weighted by atomic mass is 9.83. The lowest BCUT2D eigenvalue weighted by Gasteiger charge is -2.25. The van der Waals surface area contributed by atoms with E-state index < -0.39 is 10.0 Å². The van der Waals surface area contributed by atoms with Crippen LogP contribution in [0.1, 0.15) is 26.3 Å². The molecule has 0 aliphatic rings. The summed E-state index contributed by atoms with van der Waals surface area (Å²) in [4.78, 5) is 31.5. The smallest absolute Gasteiger partial charge is 0.256 e. The van der Waals surface area contributed by atoms with E-state index in [4.69, 9.17) is 4.74 Å². The zero-order valence-electron chi connectivity index (χ0n) is 20.1. The first-order chi connectivity index (χ1) is 16.4. The molecular formula is C26H27N3O5S. The second kappa shape index (κ2) is 8.74. The maximum atomic E-state index is 13.2. The number of nitrogens with one attached hydrogen (secondary N) is 3. The van der Waals surface area contributed by atoms with Gasteiger partial charge < -0.3 is 14.7 Å². The molecule has 0 unspecified atom stereocenters. The summed E-state index contributed by atoms with van der Waals surface area (Å²) in [6, 6.07) is 13.6. The van der Waals surface area contributed by atoms with Gasteiger partial charge in [0.1, 0.15) is 5.75 Å². The van der Waals surface area contributed by atoms with Crippen molar-refractivity contribution in [3.63, 3.8) is 0 Å².